The molecule has 1 fully saturated rings. The lowest BCUT2D eigenvalue weighted by Crippen LogP contribution is -2.48. The fraction of sp³-hybridized carbons (Fsp3) is 0.429. The Morgan fingerprint density at radius 1 is 1.16 bits per heavy atom. The molecule has 1 aliphatic rings. The molecule has 0 aliphatic carbocycles. The van der Waals surface area contributed by atoms with Gasteiger partial charge in [0.2, 0.25) is 0 Å². The summed E-state index contributed by atoms with van der Waals surface area (Å²) in [6, 6.07) is 7.48. The summed E-state index contributed by atoms with van der Waals surface area (Å²) >= 11 is 3.38. The monoisotopic (exact) mass is 324 g/mol. The minimum Gasteiger partial charge on any atom is -0.305 e. The molecule has 1 heterocycles. The highest BCUT2D eigenvalue weighted by molar-refractivity contribution is 9.10. The summed E-state index contributed by atoms with van der Waals surface area (Å²) in [7, 11) is 0. The molecule has 102 valence electrons. The molecular weight excluding hydrogens is 308 g/mol. The molecule has 1 N–H and O–H groups in total. The standard InChI is InChI=1S/C14H17BrN2O2/c1-3-14(4-2)12(18)16-13(19)17(14)9-10-5-7-11(15)8-6-10/h5-8H,3-4,9H2,1-2H3,(H,16,18,19). The zero-order chi connectivity index (χ0) is 14.0. The molecule has 1 saturated heterocycles. The van der Waals surface area contributed by atoms with Crippen LogP contribution in [0.3, 0.4) is 0 Å². The van der Waals surface area contributed by atoms with Crippen LogP contribution in [-0.2, 0) is 11.3 Å². The van der Waals surface area contributed by atoms with Gasteiger partial charge in [-0.05, 0) is 30.5 Å². The van der Waals surface area contributed by atoms with E-state index in [1.165, 1.54) is 0 Å². The second-order valence-corrected chi connectivity index (χ2v) is 5.63. The SMILES string of the molecule is CCC1(CC)C(=O)NC(=O)N1Cc1ccc(Br)cc1. The lowest BCUT2D eigenvalue weighted by Gasteiger charge is -2.33. The van der Waals surface area contributed by atoms with E-state index in [0.717, 1.165) is 10.0 Å². The fourth-order valence-electron chi connectivity index (χ4n) is 2.55. The van der Waals surface area contributed by atoms with Crippen molar-refractivity contribution in [3.8, 4) is 0 Å². The zero-order valence-corrected chi connectivity index (χ0v) is 12.7. The summed E-state index contributed by atoms with van der Waals surface area (Å²) in [5, 5.41) is 2.43. The van der Waals surface area contributed by atoms with Gasteiger partial charge in [-0.1, -0.05) is 41.9 Å². The van der Waals surface area contributed by atoms with Crippen molar-refractivity contribution in [2.75, 3.05) is 0 Å². The van der Waals surface area contributed by atoms with E-state index in [4.69, 9.17) is 0 Å². The van der Waals surface area contributed by atoms with E-state index in [-0.39, 0.29) is 11.9 Å². The van der Waals surface area contributed by atoms with Gasteiger partial charge in [0.1, 0.15) is 5.54 Å². The van der Waals surface area contributed by atoms with Crippen LogP contribution in [-0.4, -0.2) is 22.4 Å². The largest absolute Gasteiger partial charge is 0.325 e. The third-order valence-corrected chi connectivity index (χ3v) is 4.36. The molecular formula is C14H17BrN2O2. The maximum atomic E-state index is 12.0. The lowest BCUT2D eigenvalue weighted by atomic mass is 9.91. The topological polar surface area (TPSA) is 49.4 Å². The van der Waals surface area contributed by atoms with Crippen LogP contribution in [0.5, 0.6) is 0 Å². The number of halogens is 1. The predicted molar refractivity (Wildman–Crippen MR) is 76.5 cm³/mol. The van der Waals surface area contributed by atoms with Crippen LogP contribution < -0.4 is 5.32 Å². The quantitative estimate of drug-likeness (QED) is 0.865. The number of nitrogens with zero attached hydrogens (tertiary/aromatic N) is 1. The molecule has 1 aromatic carbocycles. The summed E-state index contributed by atoms with van der Waals surface area (Å²) in [5.74, 6) is -0.181. The molecule has 0 atom stereocenters. The van der Waals surface area contributed by atoms with Crippen molar-refractivity contribution in [2.24, 2.45) is 0 Å². The predicted octanol–water partition coefficient (Wildman–Crippen LogP) is 3.06. The first-order valence-corrected chi connectivity index (χ1v) is 7.20. The summed E-state index contributed by atoms with van der Waals surface area (Å²) in [4.78, 5) is 25.7. The van der Waals surface area contributed by atoms with Crippen molar-refractivity contribution in [3.05, 3.63) is 34.3 Å². The number of benzene rings is 1. The summed E-state index contributed by atoms with van der Waals surface area (Å²) in [5.41, 5.74) is 0.309. The van der Waals surface area contributed by atoms with Crippen LogP contribution in [0.2, 0.25) is 0 Å². The average Bonchev–Trinajstić information content (AvgIpc) is 2.64. The molecule has 3 amide bonds. The molecule has 0 unspecified atom stereocenters. The van der Waals surface area contributed by atoms with Crippen LogP contribution in [0, 0.1) is 0 Å². The number of carbonyl (C=O) groups is 2. The van der Waals surface area contributed by atoms with Gasteiger partial charge in [0.15, 0.2) is 0 Å². The fourth-order valence-corrected chi connectivity index (χ4v) is 2.81. The Labute approximate surface area is 121 Å². The Hall–Kier alpha value is -1.36. The van der Waals surface area contributed by atoms with Crippen LogP contribution in [0.4, 0.5) is 4.79 Å². The number of nitrogens with one attached hydrogen (secondary N) is 1. The van der Waals surface area contributed by atoms with Crippen LogP contribution >= 0.6 is 15.9 Å². The van der Waals surface area contributed by atoms with Crippen molar-refractivity contribution in [1.82, 2.24) is 10.2 Å². The van der Waals surface area contributed by atoms with Crippen LogP contribution in [0.1, 0.15) is 32.3 Å². The van der Waals surface area contributed by atoms with Gasteiger partial charge >= 0.3 is 6.03 Å². The van der Waals surface area contributed by atoms with Crippen molar-refractivity contribution >= 4 is 27.9 Å². The molecule has 4 nitrogen and oxygen atoms in total. The molecule has 2 rings (SSSR count). The number of amides is 3. The Kier molecular flexibility index (Phi) is 3.94. The van der Waals surface area contributed by atoms with Gasteiger partial charge in [-0.25, -0.2) is 4.79 Å². The molecule has 19 heavy (non-hydrogen) atoms. The Morgan fingerprint density at radius 3 is 2.26 bits per heavy atom. The van der Waals surface area contributed by atoms with E-state index in [2.05, 4.69) is 21.2 Å². The molecule has 1 aliphatic heterocycles. The second-order valence-electron chi connectivity index (χ2n) is 4.71. The Balaban J connectivity index is 2.28. The van der Waals surface area contributed by atoms with E-state index in [0.29, 0.717) is 19.4 Å². The molecule has 0 spiro atoms. The van der Waals surface area contributed by atoms with Gasteiger partial charge in [0, 0.05) is 11.0 Å². The zero-order valence-electron chi connectivity index (χ0n) is 11.1. The van der Waals surface area contributed by atoms with Crippen molar-refractivity contribution in [3.63, 3.8) is 0 Å². The maximum Gasteiger partial charge on any atom is 0.325 e. The first kappa shape index (κ1) is 14.1. The molecule has 1 aromatic rings. The second kappa shape index (κ2) is 5.33. The van der Waals surface area contributed by atoms with E-state index < -0.39 is 5.54 Å². The highest BCUT2D eigenvalue weighted by Crippen LogP contribution is 2.30. The number of hydrogen-bond donors (Lipinski definition) is 1. The molecule has 0 radical (unpaired) electrons. The van der Waals surface area contributed by atoms with Crippen molar-refractivity contribution < 1.29 is 9.59 Å². The first-order valence-electron chi connectivity index (χ1n) is 6.41. The van der Waals surface area contributed by atoms with E-state index in [9.17, 15) is 9.59 Å². The lowest BCUT2D eigenvalue weighted by molar-refractivity contribution is -0.127. The number of imide groups is 1. The van der Waals surface area contributed by atoms with Gasteiger partial charge < -0.3 is 4.90 Å². The van der Waals surface area contributed by atoms with E-state index in [1.807, 2.05) is 38.1 Å². The van der Waals surface area contributed by atoms with Gasteiger partial charge in [0.05, 0.1) is 0 Å². The molecule has 5 heteroatoms. The molecule has 0 bridgehead atoms. The number of urea groups is 1. The Bertz CT molecular complexity index is 495. The molecule has 0 aromatic heterocycles. The summed E-state index contributed by atoms with van der Waals surface area (Å²) < 4.78 is 0.996. The Morgan fingerprint density at radius 2 is 1.74 bits per heavy atom. The maximum absolute atomic E-state index is 12.0. The van der Waals surface area contributed by atoms with E-state index >= 15 is 0 Å². The third-order valence-electron chi connectivity index (χ3n) is 3.83. The average molecular weight is 325 g/mol. The third kappa shape index (κ3) is 2.39. The highest BCUT2D eigenvalue weighted by Gasteiger charge is 2.49. The van der Waals surface area contributed by atoms with Crippen LogP contribution in [0.15, 0.2) is 28.7 Å². The number of carbonyl (C=O) groups excluding carboxylic acids is 2. The number of hydrogen-bond acceptors (Lipinski definition) is 2. The minimum absolute atomic E-state index is 0.181. The number of rotatable bonds is 4. The van der Waals surface area contributed by atoms with Crippen molar-refractivity contribution in [1.29, 1.82) is 0 Å². The van der Waals surface area contributed by atoms with Gasteiger partial charge in [0.25, 0.3) is 5.91 Å². The van der Waals surface area contributed by atoms with Gasteiger partial charge in [-0.2, -0.15) is 0 Å². The highest BCUT2D eigenvalue weighted by atomic mass is 79.9. The summed E-state index contributed by atoms with van der Waals surface area (Å²) in [6.07, 6.45) is 1.25. The molecule has 0 saturated carbocycles. The van der Waals surface area contributed by atoms with E-state index in [1.54, 1.807) is 4.90 Å². The first-order chi connectivity index (χ1) is 9.03. The van der Waals surface area contributed by atoms with Crippen molar-refractivity contribution in [2.45, 2.75) is 38.8 Å². The smallest absolute Gasteiger partial charge is 0.305 e. The summed E-state index contributed by atoms with van der Waals surface area (Å²) in [6.45, 7) is 4.33. The van der Waals surface area contributed by atoms with Gasteiger partial charge in [-0.3, -0.25) is 10.1 Å². The van der Waals surface area contributed by atoms with Gasteiger partial charge in [-0.15, -0.1) is 0 Å². The minimum atomic E-state index is -0.704. The van der Waals surface area contributed by atoms with Crippen LogP contribution in [0.25, 0.3) is 0 Å². The normalized spacial score (nSPS) is 17.7.